The first-order chi connectivity index (χ1) is 18.4. The summed E-state index contributed by atoms with van der Waals surface area (Å²) in [6, 6.07) is 16.7. The van der Waals surface area contributed by atoms with E-state index in [1.807, 2.05) is 11.5 Å². The number of aromatic carboxylic acids is 1. The fraction of sp³-hybridized carbons (Fsp3) is 0.382. The maximum absolute atomic E-state index is 11.5. The van der Waals surface area contributed by atoms with E-state index in [1.54, 1.807) is 7.05 Å². The van der Waals surface area contributed by atoms with Crippen molar-refractivity contribution in [3.8, 4) is 0 Å². The number of unbranched alkanes of at least 4 members (excludes halogenated alkanes) is 3. The average Bonchev–Trinajstić information content (AvgIpc) is 3.39. The van der Waals surface area contributed by atoms with Crippen LogP contribution < -0.4 is 5.32 Å². The number of nitrogens with one attached hydrogen (secondary N) is 1. The quantitative estimate of drug-likeness (QED) is 0.235. The van der Waals surface area contributed by atoms with E-state index in [4.69, 9.17) is 0 Å². The van der Waals surface area contributed by atoms with Crippen LogP contribution in [0.2, 0.25) is 0 Å². The van der Waals surface area contributed by atoms with Gasteiger partial charge in [0, 0.05) is 7.05 Å². The predicted molar refractivity (Wildman–Crippen MR) is 168 cm³/mol. The van der Waals surface area contributed by atoms with E-state index in [-0.39, 0.29) is 31.1 Å². The van der Waals surface area contributed by atoms with Crippen LogP contribution in [-0.2, 0) is 12.8 Å². The fourth-order valence-electron chi connectivity index (χ4n) is 4.03. The Morgan fingerprint density at radius 1 is 1.10 bits per heavy atom. The number of fused-ring (bicyclic) bond motifs is 1. The molecule has 39 heavy (non-hydrogen) atoms. The van der Waals surface area contributed by atoms with E-state index in [2.05, 4.69) is 108 Å². The number of carboxylic acid groups (broad SMARTS) is 1. The number of benzene rings is 2. The fourth-order valence-corrected chi connectivity index (χ4v) is 5.03. The SMILES string of the molecule is C=Cc1ccc(C)cc1.CNc1scc(C2CCc3ccccc3C2)c1C(=O)O.C[CH-]CC.C[CH-]CCC.[U+2]. The number of aryl methyl sites for hydroxylation is 2. The largest absolute Gasteiger partial charge is 2.00 e. The third kappa shape index (κ3) is 13.4. The van der Waals surface area contributed by atoms with Crippen molar-refractivity contribution in [3.63, 3.8) is 0 Å². The van der Waals surface area contributed by atoms with Gasteiger partial charge in [-0.3, -0.25) is 0 Å². The number of anilines is 1. The summed E-state index contributed by atoms with van der Waals surface area (Å²) in [5, 5.41) is 15.2. The summed E-state index contributed by atoms with van der Waals surface area (Å²) in [6.07, 6.45) is 12.9. The van der Waals surface area contributed by atoms with Gasteiger partial charge in [-0.2, -0.15) is 26.7 Å². The number of hydrogen-bond donors (Lipinski definition) is 2. The van der Waals surface area contributed by atoms with Crippen molar-refractivity contribution < 1.29 is 41.0 Å². The van der Waals surface area contributed by atoms with Crippen LogP contribution in [0.4, 0.5) is 5.00 Å². The Hall–Kier alpha value is -1.80. The molecule has 2 N–H and O–H groups in total. The number of rotatable bonds is 7. The molecule has 1 aliphatic carbocycles. The third-order valence-corrected chi connectivity index (χ3v) is 7.36. The van der Waals surface area contributed by atoms with E-state index in [1.165, 1.54) is 52.9 Å². The molecule has 5 heteroatoms. The first-order valence-electron chi connectivity index (χ1n) is 13.7. The molecule has 3 nitrogen and oxygen atoms in total. The van der Waals surface area contributed by atoms with E-state index in [9.17, 15) is 9.90 Å². The molecule has 2 aromatic carbocycles. The molecular weight excluding hydrogens is 724 g/mol. The zero-order valence-electron chi connectivity index (χ0n) is 24.7. The van der Waals surface area contributed by atoms with E-state index in [0.717, 1.165) is 29.8 Å². The van der Waals surface area contributed by atoms with Gasteiger partial charge in [-0.05, 0) is 59.7 Å². The summed E-state index contributed by atoms with van der Waals surface area (Å²) in [6.45, 7) is 14.2. The molecule has 1 heterocycles. The predicted octanol–water partition coefficient (Wildman–Crippen LogP) is 10.0. The molecule has 0 aliphatic heterocycles. The number of carboxylic acids is 1. The second-order valence-corrected chi connectivity index (χ2v) is 10.2. The summed E-state index contributed by atoms with van der Waals surface area (Å²) in [4.78, 5) is 11.5. The number of thiophene rings is 1. The molecule has 0 amide bonds. The van der Waals surface area contributed by atoms with Gasteiger partial charge in [-0.15, -0.1) is 11.3 Å². The van der Waals surface area contributed by atoms with Crippen molar-refractivity contribution in [2.24, 2.45) is 0 Å². The van der Waals surface area contributed by atoms with Crippen LogP contribution in [0.5, 0.6) is 0 Å². The normalized spacial score (nSPS) is 12.9. The Morgan fingerprint density at radius 3 is 2.18 bits per heavy atom. The van der Waals surface area contributed by atoms with Crippen LogP contribution in [0.15, 0.2) is 60.5 Å². The summed E-state index contributed by atoms with van der Waals surface area (Å²) >= 11 is 1.49. The summed E-state index contributed by atoms with van der Waals surface area (Å²) in [5.41, 5.74) is 6.69. The summed E-state index contributed by atoms with van der Waals surface area (Å²) < 4.78 is 0. The molecule has 0 bridgehead atoms. The molecule has 0 saturated carbocycles. The van der Waals surface area contributed by atoms with Gasteiger partial charge in [0.05, 0.1) is 5.56 Å². The second-order valence-electron chi connectivity index (χ2n) is 9.29. The Balaban J connectivity index is 0.000000631. The van der Waals surface area contributed by atoms with Crippen molar-refractivity contribution in [1.82, 2.24) is 0 Å². The van der Waals surface area contributed by atoms with Crippen LogP contribution in [0.1, 0.15) is 97.5 Å². The summed E-state index contributed by atoms with van der Waals surface area (Å²) in [7, 11) is 1.78. The first kappa shape index (κ1) is 37.2. The third-order valence-electron chi connectivity index (χ3n) is 6.35. The topological polar surface area (TPSA) is 49.3 Å². The average molecular weight is 772 g/mol. The van der Waals surface area contributed by atoms with E-state index >= 15 is 0 Å². The van der Waals surface area contributed by atoms with Crippen LogP contribution >= 0.6 is 11.3 Å². The van der Waals surface area contributed by atoms with Gasteiger partial charge in [0.25, 0.3) is 0 Å². The molecule has 0 fully saturated rings. The van der Waals surface area contributed by atoms with Gasteiger partial charge in [0.2, 0.25) is 0 Å². The van der Waals surface area contributed by atoms with Crippen molar-refractivity contribution >= 4 is 28.4 Å². The number of carbonyl (C=O) groups is 1. The monoisotopic (exact) mass is 771 g/mol. The van der Waals surface area contributed by atoms with Crippen molar-refractivity contribution in [2.45, 2.75) is 79.1 Å². The van der Waals surface area contributed by atoms with Gasteiger partial charge in [-0.25, -0.2) is 4.79 Å². The second kappa shape index (κ2) is 22.0. The zero-order valence-corrected chi connectivity index (χ0v) is 29.7. The molecular formula is C34H47NO2SU. The minimum absolute atomic E-state index is 0. The maximum Gasteiger partial charge on any atom is 2.00 e. The first-order valence-corrected chi connectivity index (χ1v) is 14.6. The molecule has 1 atom stereocenters. The van der Waals surface area contributed by atoms with Crippen molar-refractivity contribution in [3.05, 3.63) is 107 Å². The summed E-state index contributed by atoms with van der Waals surface area (Å²) in [5.74, 6) is -0.515. The smallest absolute Gasteiger partial charge is 0.478 e. The molecule has 4 rings (SSSR count). The van der Waals surface area contributed by atoms with Gasteiger partial charge >= 0.3 is 37.1 Å². The Morgan fingerprint density at radius 2 is 1.72 bits per heavy atom. The standard InChI is InChI=1S/C16H17NO2S.C9H10.C5H11.C4H9.U/c1-17-15-14(16(18)19)13(9-20-15)12-7-6-10-4-2-3-5-11(10)8-12;1-3-9-6-4-8(2)5-7-9;1-3-5-4-2;1-3-4-2;/h2-5,9,12,17H,6-8H2,1H3,(H,18,19);3-7H,1H2,2H3;3H,4-5H2,1-2H3;3H,4H2,1-2H3;/q;;2*-1;+2. The molecule has 0 spiro atoms. The number of hydrogen-bond acceptors (Lipinski definition) is 3. The molecule has 0 saturated heterocycles. The molecule has 210 valence electrons. The Labute approximate surface area is 265 Å². The zero-order chi connectivity index (χ0) is 28.3. The molecule has 1 aliphatic rings. The molecule has 1 unspecified atom stereocenters. The van der Waals surface area contributed by atoms with Crippen LogP contribution in [-0.4, -0.2) is 18.1 Å². The Kier molecular flexibility index (Phi) is 20.9. The van der Waals surface area contributed by atoms with Crippen molar-refractivity contribution in [1.29, 1.82) is 0 Å². The van der Waals surface area contributed by atoms with Crippen LogP contribution in [0.3, 0.4) is 0 Å². The minimum Gasteiger partial charge on any atom is -0.478 e. The van der Waals surface area contributed by atoms with E-state index < -0.39 is 5.97 Å². The molecule has 1 aromatic heterocycles. The molecule has 3 aromatic rings. The van der Waals surface area contributed by atoms with Gasteiger partial charge in [0.15, 0.2) is 0 Å². The molecule has 0 radical (unpaired) electrons. The van der Waals surface area contributed by atoms with Crippen molar-refractivity contribution in [2.75, 3.05) is 12.4 Å². The van der Waals surface area contributed by atoms with Crippen LogP contribution in [0.25, 0.3) is 6.08 Å². The van der Waals surface area contributed by atoms with Gasteiger partial charge in [-0.1, -0.05) is 87.0 Å². The van der Waals surface area contributed by atoms with Crippen LogP contribution in [0, 0.1) is 50.9 Å². The Bertz CT molecular complexity index is 1070. The minimum atomic E-state index is -0.829. The van der Waals surface area contributed by atoms with E-state index in [0.29, 0.717) is 11.5 Å². The van der Waals surface area contributed by atoms with Gasteiger partial charge in [0.1, 0.15) is 5.00 Å². The van der Waals surface area contributed by atoms with Gasteiger partial charge < -0.3 is 23.3 Å². The maximum atomic E-state index is 11.5.